The molecular formula is C6H13NO3S. The fourth-order valence-corrected chi connectivity index (χ4v) is 2.51. The topological polar surface area (TPSA) is 57.6 Å². The van der Waals surface area contributed by atoms with E-state index in [2.05, 4.69) is 0 Å². The zero-order valence-corrected chi connectivity index (χ0v) is 7.18. The molecule has 0 bridgehead atoms. The van der Waals surface area contributed by atoms with E-state index in [4.69, 9.17) is 5.11 Å². The summed E-state index contributed by atoms with van der Waals surface area (Å²) in [5.74, 6) is -0.132. The van der Waals surface area contributed by atoms with Crippen molar-refractivity contribution in [1.82, 2.24) is 4.31 Å². The highest BCUT2D eigenvalue weighted by atomic mass is 32.2. The molecule has 0 aromatic carbocycles. The lowest BCUT2D eigenvalue weighted by atomic mass is 10.4. The summed E-state index contributed by atoms with van der Waals surface area (Å²) in [5, 5.41) is 8.46. The number of aliphatic hydroxyl groups excluding tert-OH is 1. The van der Waals surface area contributed by atoms with E-state index in [-0.39, 0.29) is 12.4 Å². The number of nitrogens with zero attached hydrogens (tertiary/aromatic N) is 1. The van der Waals surface area contributed by atoms with Crippen LogP contribution in [0.3, 0.4) is 0 Å². The molecule has 0 saturated carbocycles. The summed E-state index contributed by atoms with van der Waals surface area (Å²) in [6.07, 6.45) is 1.90. The molecule has 1 N–H and O–H groups in total. The Bertz CT molecular complexity index is 206. The number of hydrogen-bond acceptors (Lipinski definition) is 3. The van der Waals surface area contributed by atoms with Crippen LogP contribution in [0.25, 0.3) is 0 Å². The molecule has 0 aromatic rings. The molecule has 1 aliphatic heterocycles. The summed E-state index contributed by atoms with van der Waals surface area (Å²) in [6.45, 7) is 0.976. The summed E-state index contributed by atoms with van der Waals surface area (Å²) in [5.41, 5.74) is 0. The lowest BCUT2D eigenvalue weighted by Crippen LogP contribution is -2.31. The Balaban J connectivity index is 2.56. The van der Waals surface area contributed by atoms with Gasteiger partial charge in [0.2, 0.25) is 10.0 Å². The maximum atomic E-state index is 11.2. The molecule has 1 rings (SSSR count). The van der Waals surface area contributed by atoms with Crippen LogP contribution in [0.5, 0.6) is 0 Å². The Kier molecular flexibility index (Phi) is 2.86. The molecule has 1 aliphatic rings. The van der Waals surface area contributed by atoms with Crippen LogP contribution in [-0.2, 0) is 10.0 Å². The number of sulfonamides is 1. The molecule has 11 heavy (non-hydrogen) atoms. The van der Waals surface area contributed by atoms with Gasteiger partial charge in [0.25, 0.3) is 0 Å². The highest BCUT2D eigenvalue weighted by Gasteiger charge is 2.23. The quantitative estimate of drug-likeness (QED) is 0.629. The van der Waals surface area contributed by atoms with Gasteiger partial charge in [-0.3, -0.25) is 0 Å². The SMILES string of the molecule is O=S(=O)(CCO)N1CCCC1. The van der Waals surface area contributed by atoms with E-state index in [1.54, 1.807) is 0 Å². The van der Waals surface area contributed by atoms with Gasteiger partial charge in [-0.25, -0.2) is 12.7 Å². The molecule has 1 fully saturated rings. The van der Waals surface area contributed by atoms with Crippen LogP contribution in [0.1, 0.15) is 12.8 Å². The Labute approximate surface area is 66.9 Å². The minimum Gasteiger partial charge on any atom is -0.395 e. The van der Waals surface area contributed by atoms with Crippen molar-refractivity contribution in [3.8, 4) is 0 Å². The molecule has 0 radical (unpaired) electrons. The van der Waals surface area contributed by atoms with Crippen molar-refractivity contribution >= 4 is 10.0 Å². The summed E-state index contributed by atoms with van der Waals surface area (Å²) in [4.78, 5) is 0. The van der Waals surface area contributed by atoms with Gasteiger partial charge in [0.1, 0.15) is 0 Å². The zero-order chi connectivity index (χ0) is 8.32. The number of rotatable bonds is 3. The molecule has 0 atom stereocenters. The van der Waals surface area contributed by atoms with Crippen LogP contribution in [0.2, 0.25) is 0 Å². The number of hydrogen-bond donors (Lipinski definition) is 1. The first-order valence-electron chi connectivity index (χ1n) is 3.75. The predicted molar refractivity (Wildman–Crippen MR) is 41.7 cm³/mol. The number of aliphatic hydroxyl groups is 1. The van der Waals surface area contributed by atoms with E-state index >= 15 is 0 Å². The minimum atomic E-state index is -3.13. The molecule has 5 heteroatoms. The average Bonchev–Trinajstić information content (AvgIpc) is 2.37. The average molecular weight is 179 g/mol. The van der Waals surface area contributed by atoms with E-state index in [1.807, 2.05) is 0 Å². The highest BCUT2D eigenvalue weighted by Crippen LogP contribution is 2.12. The van der Waals surface area contributed by atoms with Crippen molar-refractivity contribution in [2.75, 3.05) is 25.4 Å². The van der Waals surface area contributed by atoms with Crippen LogP contribution < -0.4 is 0 Å². The molecule has 0 spiro atoms. The molecular weight excluding hydrogens is 166 g/mol. The largest absolute Gasteiger partial charge is 0.395 e. The van der Waals surface area contributed by atoms with Crippen molar-refractivity contribution in [3.63, 3.8) is 0 Å². The van der Waals surface area contributed by atoms with Gasteiger partial charge in [-0.1, -0.05) is 0 Å². The third-order valence-corrected chi connectivity index (χ3v) is 3.66. The molecule has 1 heterocycles. The van der Waals surface area contributed by atoms with E-state index in [0.29, 0.717) is 13.1 Å². The van der Waals surface area contributed by atoms with Gasteiger partial charge < -0.3 is 5.11 Å². The Morgan fingerprint density at radius 2 is 1.82 bits per heavy atom. The van der Waals surface area contributed by atoms with Crippen LogP contribution in [0.4, 0.5) is 0 Å². The minimum absolute atomic E-state index is 0.132. The van der Waals surface area contributed by atoms with Crippen molar-refractivity contribution in [3.05, 3.63) is 0 Å². The van der Waals surface area contributed by atoms with Crippen LogP contribution in [0.15, 0.2) is 0 Å². The monoisotopic (exact) mass is 179 g/mol. The van der Waals surface area contributed by atoms with Gasteiger partial charge >= 0.3 is 0 Å². The van der Waals surface area contributed by atoms with Gasteiger partial charge in [0.15, 0.2) is 0 Å². The summed E-state index contributed by atoms with van der Waals surface area (Å²) >= 11 is 0. The normalized spacial score (nSPS) is 20.8. The van der Waals surface area contributed by atoms with E-state index in [9.17, 15) is 8.42 Å². The van der Waals surface area contributed by atoms with Crippen molar-refractivity contribution in [2.24, 2.45) is 0 Å². The second-order valence-electron chi connectivity index (χ2n) is 2.65. The lowest BCUT2D eigenvalue weighted by Gasteiger charge is -2.13. The third kappa shape index (κ3) is 2.15. The molecule has 0 aliphatic carbocycles. The standard InChI is InChI=1S/C6H13NO3S/c8-5-6-11(9,10)7-3-1-2-4-7/h8H,1-6H2. The zero-order valence-electron chi connectivity index (χ0n) is 6.36. The third-order valence-electron chi connectivity index (χ3n) is 1.81. The van der Waals surface area contributed by atoms with Gasteiger partial charge in [-0.05, 0) is 12.8 Å². The molecule has 0 aromatic heterocycles. The van der Waals surface area contributed by atoms with Gasteiger partial charge in [0.05, 0.1) is 12.4 Å². The van der Waals surface area contributed by atoms with Gasteiger partial charge in [-0.2, -0.15) is 0 Å². The maximum absolute atomic E-state index is 11.2. The van der Waals surface area contributed by atoms with Crippen molar-refractivity contribution in [1.29, 1.82) is 0 Å². The predicted octanol–water partition coefficient (Wildman–Crippen LogP) is -0.596. The second kappa shape index (κ2) is 3.51. The van der Waals surface area contributed by atoms with E-state index in [1.165, 1.54) is 4.31 Å². The lowest BCUT2D eigenvalue weighted by molar-refractivity contribution is 0.316. The van der Waals surface area contributed by atoms with E-state index in [0.717, 1.165) is 12.8 Å². The first-order valence-corrected chi connectivity index (χ1v) is 5.36. The van der Waals surface area contributed by atoms with Crippen LogP contribution in [0, 0.1) is 0 Å². The first-order chi connectivity index (χ1) is 5.17. The first kappa shape index (κ1) is 8.96. The molecule has 0 unspecified atom stereocenters. The Hall–Kier alpha value is -0.130. The van der Waals surface area contributed by atoms with Crippen LogP contribution >= 0.6 is 0 Å². The molecule has 4 nitrogen and oxygen atoms in total. The van der Waals surface area contributed by atoms with Crippen molar-refractivity contribution < 1.29 is 13.5 Å². The molecule has 66 valence electrons. The Morgan fingerprint density at radius 1 is 1.27 bits per heavy atom. The van der Waals surface area contributed by atoms with Gasteiger partial charge in [-0.15, -0.1) is 0 Å². The highest BCUT2D eigenvalue weighted by molar-refractivity contribution is 7.89. The fourth-order valence-electron chi connectivity index (χ4n) is 1.21. The summed E-state index contributed by atoms with van der Waals surface area (Å²) < 4.78 is 23.8. The smallest absolute Gasteiger partial charge is 0.216 e. The molecule has 1 saturated heterocycles. The molecule has 0 amide bonds. The Morgan fingerprint density at radius 3 is 2.27 bits per heavy atom. The fraction of sp³-hybridized carbons (Fsp3) is 1.00. The summed E-state index contributed by atoms with van der Waals surface area (Å²) in [6, 6.07) is 0. The van der Waals surface area contributed by atoms with E-state index < -0.39 is 10.0 Å². The van der Waals surface area contributed by atoms with Gasteiger partial charge in [0, 0.05) is 13.1 Å². The second-order valence-corrected chi connectivity index (χ2v) is 4.73. The maximum Gasteiger partial charge on any atom is 0.216 e. The summed E-state index contributed by atoms with van der Waals surface area (Å²) in [7, 11) is -3.13. The van der Waals surface area contributed by atoms with Crippen LogP contribution in [-0.4, -0.2) is 43.3 Å². The van der Waals surface area contributed by atoms with Crippen molar-refractivity contribution in [2.45, 2.75) is 12.8 Å².